The number of carbonyl (C=O) groups excluding carboxylic acids is 3. The van der Waals surface area contributed by atoms with Crippen molar-refractivity contribution in [3.05, 3.63) is 0 Å². The molecule has 0 amide bonds. The second-order valence-corrected chi connectivity index (χ2v) is 6.75. The van der Waals surface area contributed by atoms with Crippen LogP contribution >= 0.6 is 11.8 Å². The van der Waals surface area contributed by atoms with Gasteiger partial charge >= 0.3 is 0 Å². The van der Waals surface area contributed by atoms with Gasteiger partial charge < -0.3 is 20.0 Å². The van der Waals surface area contributed by atoms with Gasteiger partial charge in [-0.25, -0.2) is 0 Å². The van der Waals surface area contributed by atoms with E-state index in [4.69, 9.17) is 30.9 Å². The van der Waals surface area contributed by atoms with Gasteiger partial charge in [0, 0.05) is 11.5 Å². The van der Waals surface area contributed by atoms with Crippen molar-refractivity contribution >= 4 is 45.5 Å². The van der Waals surface area contributed by atoms with Gasteiger partial charge in [0.15, 0.2) is 0 Å². The average molecular weight is 325 g/mol. The van der Waals surface area contributed by atoms with Gasteiger partial charge in [0.1, 0.15) is 18.0 Å². The molecule has 22 heavy (non-hydrogen) atoms. The van der Waals surface area contributed by atoms with E-state index >= 15 is 0 Å². The first-order valence-electron chi connectivity index (χ1n) is 6.80. The van der Waals surface area contributed by atoms with Gasteiger partial charge in [0.2, 0.25) is 27.4 Å². The Morgan fingerprint density at radius 2 is 1.86 bits per heavy atom. The molecule has 3 atom stereocenters. The van der Waals surface area contributed by atoms with E-state index in [1.807, 2.05) is 6.92 Å². The van der Waals surface area contributed by atoms with Crippen molar-refractivity contribution in [1.82, 2.24) is 0 Å². The van der Waals surface area contributed by atoms with Crippen LogP contribution in [0.3, 0.4) is 0 Å². The Balaban J connectivity index is 4.62. The highest BCUT2D eigenvalue weighted by atomic mass is 32.2. The zero-order valence-electron chi connectivity index (χ0n) is 13.1. The second-order valence-electron chi connectivity index (χ2n) is 5.67. The summed E-state index contributed by atoms with van der Waals surface area (Å²) in [5.41, 5.74) is 4.70. The van der Waals surface area contributed by atoms with Gasteiger partial charge in [0.25, 0.3) is 0 Å². The Kier molecular flexibility index (Phi) is 9.51. The zero-order chi connectivity index (χ0) is 17.3. The second kappa shape index (κ2) is 9.94. The summed E-state index contributed by atoms with van der Waals surface area (Å²) < 4.78 is 10.1. The van der Waals surface area contributed by atoms with Crippen molar-refractivity contribution in [2.45, 2.75) is 44.9 Å². The van der Waals surface area contributed by atoms with Gasteiger partial charge in [-0.3, -0.25) is 9.59 Å². The van der Waals surface area contributed by atoms with Crippen molar-refractivity contribution < 1.29 is 23.9 Å². The zero-order valence-corrected chi connectivity index (χ0v) is 13.9. The fourth-order valence-corrected chi connectivity index (χ4v) is 3.16. The van der Waals surface area contributed by atoms with E-state index in [0.717, 1.165) is 0 Å². The number of nitrogens with two attached hydrogens (primary N) is 1. The van der Waals surface area contributed by atoms with E-state index in [0.29, 0.717) is 24.2 Å². The summed E-state index contributed by atoms with van der Waals surface area (Å²) in [4.78, 5) is 32.4. The molecule has 120 valence electrons. The SMILES string of the molecule is [B]C(=O)OC(CSCC(N)C=O)C(C)CC(C)(C)OC([B])=O. The molecule has 0 rings (SSSR count). The highest BCUT2D eigenvalue weighted by molar-refractivity contribution is 7.99. The smallest absolute Gasteiger partial charge is 0.236 e. The van der Waals surface area contributed by atoms with Crippen molar-refractivity contribution in [2.75, 3.05) is 11.5 Å². The van der Waals surface area contributed by atoms with E-state index in [1.165, 1.54) is 11.8 Å². The van der Waals surface area contributed by atoms with Crippen LogP contribution in [0, 0.1) is 5.92 Å². The molecular weight excluding hydrogens is 304 g/mol. The molecule has 0 saturated carbocycles. The van der Waals surface area contributed by atoms with Crippen LogP contribution in [0.5, 0.6) is 0 Å². The lowest BCUT2D eigenvalue weighted by atomic mass is 9.90. The fourth-order valence-electron chi connectivity index (χ4n) is 2.04. The fraction of sp³-hybridized carbons (Fsp3) is 0.769. The molecule has 9 heteroatoms. The van der Waals surface area contributed by atoms with Crippen LogP contribution in [0.4, 0.5) is 9.59 Å². The van der Waals surface area contributed by atoms with Crippen molar-refractivity contribution in [3.8, 4) is 0 Å². The highest BCUT2D eigenvalue weighted by Crippen LogP contribution is 2.26. The molecule has 2 N–H and O–H groups in total. The molecule has 0 aliphatic rings. The monoisotopic (exact) mass is 325 g/mol. The Morgan fingerprint density at radius 1 is 1.27 bits per heavy atom. The first-order valence-corrected chi connectivity index (χ1v) is 7.96. The largest absolute Gasteiger partial charge is 0.470 e. The van der Waals surface area contributed by atoms with Gasteiger partial charge in [0.05, 0.1) is 6.04 Å². The van der Waals surface area contributed by atoms with Crippen LogP contribution < -0.4 is 5.73 Å². The Bertz CT molecular complexity index is 395. The number of ether oxygens (including phenoxy) is 2. The number of carbonyl (C=O) groups is 3. The maximum Gasteiger partial charge on any atom is 0.236 e. The van der Waals surface area contributed by atoms with Crippen LogP contribution in [0.25, 0.3) is 0 Å². The molecule has 0 aromatic heterocycles. The maximum absolute atomic E-state index is 11.0. The summed E-state index contributed by atoms with van der Waals surface area (Å²) in [5, 5.41) is 0. The van der Waals surface area contributed by atoms with Crippen LogP contribution in [-0.4, -0.2) is 63.0 Å². The minimum atomic E-state index is -0.884. The molecule has 0 fully saturated rings. The third kappa shape index (κ3) is 9.89. The van der Waals surface area contributed by atoms with Crippen molar-refractivity contribution in [2.24, 2.45) is 11.7 Å². The first kappa shape index (κ1) is 21.0. The summed E-state index contributed by atoms with van der Waals surface area (Å²) in [6.07, 6.45) is 0.593. The lowest BCUT2D eigenvalue weighted by molar-refractivity contribution is -0.108. The highest BCUT2D eigenvalue weighted by Gasteiger charge is 2.29. The number of thioether (sulfide) groups is 1. The summed E-state index contributed by atoms with van der Waals surface area (Å²) >= 11 is 1.38. The Hall–Kier alpha value is -0.950. The average Bonchev–Trinajstić information content (AvgIpc) is 2.34. The number of hydrogen-bond acceptors (Lipinski definition) is 7. The predicted molar refractivity (Wildman–Crippen MR) is 87.5 cm³/mol. The third-order valence-corrected chi connectivity index (χ3v) is 4.04. The molecule has 0 saturated heterocycles. The summed E-state index contributed by atoms with van der Waals surface area (Å²) in [7, 11) is 10.1. The summed E-state index contributed by atoms with van der Waals surface area (Å²) in [5.74, 6) is -1.04. The van der Waals surface area contributed by atoms with E-state index in [9.17, 15) is 14.4 Å². The number of hydrogen-bond donors (Lipinski definition) is 1. The van der Waals surface area contributed by atoms with E-state index in [2.05, 4.69) is 0 Å². The lowest BCUT2D eigenvalue weighted by Gasteiger charge is -2.32. The molecule has 0 aliphatic carbocycles. The molecule has 0 aromatic rings. The van der Waals surface area contributed by atoms with Crippen LogP contribution in [0.2, 0.25) is 0 Å². The van der Waals surface area contributed by atoms with Crippen molar-refractivity contribution in [3.63, 3.8) is 0 Å². The summed E-state index contributed by atoms with van der Waals surface area (Å²) in [6.45, 7) is 5.27. The molecule has 4 radical (unpaired) electrons. The van der Waals surface area contributed by atoms with Crippen molar-refractivity contribution in [1.29, 1.82) is 0 Å². The van der Waals surface area contributed by atoms with E-state index in [1.54, 1.807) is 13.8 Å². The number of aldehydes is 1. The minimum absolute atomic E-state index is 0.137. The molecule has 0 aromatic carbocycles. The summed E-state index contributed by atoms with van der Waals surface area (Å²) in [6, 6.07) is -0.566. The molecule has 0 bridgehead atoms. The Morgan fingerprint density at radius 3 is 2.32 bits per heavy atom. The van der Waals surface area contributed by atoms with Crippen LogP contribution in [-0.2, 0) is 14.3 Å². The lowest BCUT2D eigenvalue weighted by Crippen LogP contribution is -2.36. The number of rotatable bonds is 10. The van der Waals surface area contributed by atoms with Gasteiger partial charge in [-0.15, -0.1) is 0 Å². The standard InChI is InChI=1S/C13H21B2NO5S/c1-8(4-13(2,3)21-12(15)19)10(20-11(14)18)7-22-6-9(16)5-17/h5,8-10H,4,6-7,16H2,1-3H3. The van der Waals surface area contributed by atoms with E-state index < -0.39 is 29.5 Å². The quantitative estimate of drug-likeness (QED) is 0.473. The first-order chi connectivity index (χ1) is 10.1. The maximum atomic E-state index is 11.0. The molecule has 0 aliphatic heterocycles. The van der Waals surface area contributed by atoms with Gasteiger partial charge in [-0.1, -0.05) is 6.92 Å². The molecule has 0 spiro atoms. The van der Waals surface area contributed by atoms with Crippen LogP contribution in [0.1, 0.15) is 27.2 Å². The molecule has 3 unspecified atom stereocenters. The topological polar surface area (TPSA) is 95.7 Å². The predicted octanol–water partition coefficient (Wildman–Crippen LogP) is 1.03. The van der Waals surface area contributed by atoms with Gasteiger partial charge in [-0.2, -0.15) is 11.8 Å². The third-order valence-electron chi connectivity index (χ3n) is 2.86. The molecular formula is C13H21B2NO5S. The molecule has 6 nitrogen and oxygen atoms in total. The molecule has 0 heterocycles. The minimum Gasteiger partial charge on any atom is -0.470 e. The van der Waals surface area contributed by atoms with Crippen LogP contribution in [0.15, 0.2) is 0 Å². The van der Waals surface area contributed by atoms with Gasteiger partial charge in [-0.05, 0) is 26.2 Å². The normalized spacial score (nSPS) is 15.5. The Labute approximate surface area is 138 Å². The van der Waals surface area contributed by atoms with E-state index in [-0.39, 0.29) is 5.92 Å².